The van der Waals surface area contributed by atoms with Crippen LogP contribution < -0.4 is 10.6 Å². The molecule has 0 saturated heterocycles. The van der Waals surface area contributed by atoms with Gasteiger partial charge in [0.15, 0.2) is 5.82 Å². The van der Waals surface area contributed by atoms with E-state index >= 15 is 0 Å². The highest BCUT2D eigenvalue weighted by molar-refractivity contribution is 6.31. The molecule has 1 aliphatic carbocycles. The molecule has 126 valence electrons. The molecule has 2 N–H and O–H groups in total. The molecule has 1 aromatic carbocycles. The zero-order valence-corrected chi connectivity index (χ0v) is 14.6. The smallest absolute Gasteiger partial charge is 0.244 e. The molecule has 2 aromatic rings. The van der Waals surface area contributed by atoms with Gasteiger partial charge in [0.25, 0.3) is 0 Å². The van der Waals surface area contributed by atoms with E-state index < -0.39 is 0 Å². The van der Waals surface area contributed by atoms with Crippen LogP contribution in [0.4, 0.5) is 17.5 Å². The topological polar surface area (TPSA) is 62.7 Å². The number of hydrogen-bond donors (Lipinski definition) is 2. The molecule has 3 rings (SSSR count). The Labute approximate surface area is 147 Å². The zero-order valence-electron chi connectivity index (χ0n) is 13.8. The van der Waals surface area contributed by atoms with E-state index in [1.54, 1.807) is 6.20 Å². The second kappa shape index (κ2) is 8.11. The number of aryl methyl sites for hydroxylation is 1. The van der Waals surface area contributed by atoms with Gasteiger partial charge in [-0.15, -0.1) is 5.10 Å². The van der Waals surface area contributed by atoms with Gasteiger partial charge in [-0.25, -0.2) is 0 Å². The fourth-order valence-corrected chi connectivity index (χ4v) is 2.90. The Kier molecular flexibility index (Phi) is 5.64. The minimum absolute atomic E-state index is 0.537. The SMILES string of the molecule is Cc1ccc(Nc2cnnc(NCCC3=CCCCC3)n2)cc1Cl. The molecule has 1 aromatic heterocycles. The van der Waals surface area contributed by atoms with Crippen LogP contribution in [0.2, 0.25) is 5.02 Å². The summed E-state index contributed by atoms with van der Waals surface area (Å²) in [4.78, 5) is 4.44. The van der Waals surface area contributed by atoms with Crippen molar-refractivity contribution in [1.82, 2.24) is 15.2 Å². The first-order valence-electron chi connectivity index (χ1n) is 8.35. The van der Waals surface area contributed by atoms with Gasteiger partial charge in [-0.05, 0) is 56.7 Å². The van der Waals surface area contributed by atoms with E-state index in [-0.39, 0.29) is 0 Å². The molecule has 0 unspecified atom stereocenters. The van der Waals surface area contributed by atoms with Crippen molar-refractivity contribution in [2.45, 2.75) is 39.0 Å². The Bertz CT molecular complexity index is 729. The van der Waals surface area contributed by atoms with Crippen LogP contribution in [0.3, 0.4) is 0 Å². The summed E-state index contributed by atoms with van der Waals surface area (Å²) in [5.74, 6) is 1.18. The summed E-state index contributed by atoms with van der Waals surface area (Å²) in [6.45, 7) is 2.80. The van der Waals surface area contributed by atoms with Crippen molar-refractivity contribution in [3.05, 3.63) is 46.6 Å². The predicted octanol–water partition coefficient (Wildman–Crippen LogP) is 4.88. The van der Waals surface area contributed by atoms with Gasteiger partial charge in [-0.3, -0.25) is 0 Å². The van der Waals surface area contributed by atoms with Crippen LogP contribution in [-0.4, -0.2) is 21.7 Å². The van der Waals surface area contributed by atoms with Gasteiger partial charge in [0.1, 0.15) is 0 Å². The number of benzene rings is 1. The molecule has 0 atom stereocenters. The van der Waals surface area contributed by atoms with Crippen molar-refractivity contribution in [2.24, 2.45) is 0 Å². The van der Waals surface area contributed by atoms with E-state index in [1.165, 1.54) is 31.3 Å². The Morgan fingerprint density at radius 3 is 2.96 bits per heavy atom. The van der Waals surface area contributed by atoms with E-state index in [4.69, 9.17) is 11.6 Å². The molecule has 6 heteroatoms. The molecule has 0 amide bonds. The first-order valence-corrected chi connectivity index (χ1v) is 8.73. The lowest BCUT2D eigenvalue weighted by Crippen LogP contribution is -2.09. The van der Waals surface area contributed by atoms with Crippen LogP contribution in [0.1, 0.15) is 37.7 Å². The van der Waals surface area contributed by atoms with Gasteiger partial charge in [-0.1, -0.05) is 29.3 Å². The number of nitrogens with one attached hydrogen (secondary N) is 2. The average Bonchev–Trinajstić information content (AvgIpc) is 2.60. The van der Waals surface area contributed by atoms with Crippen LogP contribution in [0, 0.1) is 6.92 Å². The number of halogens is 1. The van der Waals surface area contributed by atoms with Crippen LogP contribution in [0.25, 0.3) is 0 Å². The quantitative estimate of drug-likeness (QED) is 0.732. The molecular weight excluding hydrogens is 322 g/mol. The average molecular weight is 344 g/mol. The minimum Gasteiger partial charge on any atom is -0.353 e. The van der Waals surface area contributed by atoms with Gasteiger partial charge in [0.05, 0.1) is 6.20 Å². The van der Waals surface area contributed by atoms with Gasteiger partial charge >= 0.3 is 0 Å². The maximum atomic E-state index is 6.15. The van der Waals surface area contributed by atoms with Gasteiger partial charge in [-0.2, -0.15) is 10.1 Å². The highest BCUT2D eigenvalue weighted by atomic mass is 35.5. The fourth-order valence-electron chi connectivity index (χ4n) is 2.72. The first-order chi connectivity index (χ1) is 11.7. The maximum absolute atomic E-state index is 6.15. The summed E-state index contributed by atoms with van der Waals surface area (Å²) < 4.78 is 0. The maximum Gasteiger partial charge on any atom is 0.244 e. The largest absolute Gasteiger partial charge is 0.353 e. The fraction of sp³-hybridized carbons (Fsp3) is 0.389. The standard InChI is InChI=1S/C18H22ClN5/c1-13-7-8-15(11-16(13)19)22-17-12-21-24-18(23-17)20-10-9-14-5-3-2-4-6-14/h5,7-8,11-12H,2-4,6,9-10H2,1H3,(H2,20,22,23,24). The molecule has 1 heterocycles. The number of aromatic nitrogens is 3. The second-order valence-corrected chi connectivity index (χ2v) is 6.45. The van der Waals surface area contributed by atoms with Crippen molar-refractivity contribution >= 4 is 29.1 Å². The molecule has 0 bridgehead atoms. The van der Waals surface area contributed by atoms with E-state index in [2.05, 4.69) is 31.9 Å². The van der Waals surface area contributed by atoms with E-state index in [0.29, 0.717) is 11.8 Å². The molecule has 0 saturated carbocycles. The van der Waals surface area contributed by atoms with E-state index in [1.807, 2.05) is 25.1 Å². The Morgan fingerprint density at radius 1 is 1.25 bits per heavy atom. The monoisotopic (exact) mass is 343 g/mol. The summed E-state index contributed by atoms with van der Waals surface area (Å²) in [6, 6.07) is 5.81. The molecule has 1 aliphatic rings. The highest BCUT2D eigenvalue weighted by Crippen LogP contribution is 2.22. The van der Waals surface area contributed by atoms with Gasteiger partial charge in [0, 0.05) is 17.3 Å². The van der Waals surface area contributed by atoms with Gasteiger partial charge in [0.2, 0.25) is 5.95 Å². The van der Waals surface area contributed by atoms with Crippen molar-refractivity contribution in [1.29, 1.82) is 0 Å². The first kappa shape index (κ1) is 16.7. The number of hydrogen-bond acceptors (Lipinski definition) is 5. The third-order valence-corrected chi connectivity index (χ3v) is 4.52. The Morgan fingerprint density at radius 2 is 2.17 bits per heavy atom. The van der Waals surface area contributed by atoms with Gasteiger partial charge < -0.3 is 10.6 Å². The van der Waals surface area contributed by atoms with E-state index in [9.17, 15) is 0 Å². The highest BCUT2D eigenvalue weighted by Gasteiger charge is 2.05. The van der Waals surface area contributed by atoms with Crippen molar-refractivity contribution in [2.75, 3.05) is 17.2 Å². The third kappa shape index (κ3) is 4.68. The lowest BCUT2D eigenvalue weighted by atomic mass is 9.97. The Balaban J connectivity index is 1.57. The number of nitrogens with zero attached hydrogens (tertiary/aromatic N) is 3. The number of rotatable bonds is 6. The lowest BCUT2D eigenvalue weighted by molar-refractivity contribution is 0.679. The number of allylic oxidation sites excluding steroid dienone is 1. The summed E-state index contributed by atoms with van der Waals surface area (Å²) in [6.07, 6.45) is 10.1. The zero-order chi connectivity index (χ0) is 16.8. The molecule has 0 fully saturated rings. The summed E-state index contributed by atoms with van der Waals surface area (Å²) in [7, 11) is 0. The van der Waals surface area contributed by atoms with Crippen LogP contribution >= 0.6 is 11.6 Å². The van der Waals surface area contributed by atoms with Crippen LogP contribution in [0.15, 0.2) is 36.0 Å². The van der Waals surface area contributed by atoms with Crippen molar-refractivity contribution < 1.29 is 0 Å². The predicted molar refractivity (Wildman–Crippen MR) is 99.0 cm³/mol. The Hall–Kier alpha value is -2.14. The minimum atomic E-state index is 0.537. The third-order valence-electron chi connectivity index (χ3n) is 4.12. The second-order valence-electron chi connectivity index (χ2n) is 6.04. The molecular formula is C18H22ClN5. The summed E-state index contributed by atoms with van der Waals surface area (Å²) in [5.41, 5.74) is 3.46. The molecule has 0 aliphatic heterocycles. The summed E-state index contributed by atoms with van der Waals surface area (Å²) in [5, 5.41) is 15.2. The van der Waals surface area contributed by atoms with Crippen molar-refractivity contribution in [3.63, 3.8) is 0 Å². The molecule has 5 nitrogen and oxygen atoms in total. The summed E-state index contributed by atoms with van der Waals surface area (Å²) >= 11 is 6.15. The van der Waals surface area contributed by atoms with Crippen LogP contribution in [-0.2, 0) is 0 Å². The van der Waals surface area contributed by atoms with E-state index in [0.717, 1.165) is 29.2 Å². The lowest BCUT2D eigenvalue weighted by Gasteiger charge is -2.13. The van der Waals surface area contributed by atoms with Crippen molar-refractivity contribution in [3.8, 4) is 0 Å². The molecule has 0 radical (unpaired) electrons. The normalized spacial score (nSPS) is 14.2. The molecule has 24 heavy (non-hydrogen) atoms. The molecule has 0 spiro atoms. The van der Waals surface area contributed by atoms with Crippen LogP contribution in [0.5, 0.6) is 0 Å². The number of anilines is 3.